The highest BCUT2D eigenvalue weighted by Crippen LogP contribution is 2.08. The van der Waals surface area contributed by atoms with Crippen LogP contribution in [-0.2, 0) is 4.12 Å². The molecule has 0 spiro atoms. The molecule has 0 aliphatic rings. The molecule has 0 aliphatic heterocycles. The standard InChI is InChI=1S/C9H15IO2Si2/c1-14(2,8-10)12-13(11)9-6-4-3-5-7-9/h3-7,11,13H,8H2,1-2H3. The predicted molar refractivity (Wildman–Crippen MR) is 72.9 cm³/mol. The zero-order valence-electron chi connectivity index (χ0n) is 8.40. The Bertz CT molecular complexity index is 279. The molecule has 14 heavy (non-hydrogen) atoms. The van der Waals surface area contributed by atoms with E-state index < -0.39 is 17.6 Å². The minimum atomic E-state index is -2.15. The van der Waals surface area contributed by atoms with E-state index in [0.717, 1.165) is 9.24 Å². The molecule has 1 unspecified atom stereocenters. The zero-order valence-corrected chi connectivity index (χ0v) is 12.7. The molecule has 0 radical (unpaired) electrons. The molecule has 0 saturated heterocycles. The van der Waals surface area contributed by atoms with Crippen LogP contribution in [0.5, 0.6) is 0 Å². The molecular weight excluding hydrogens is 323 g/mol. The van der Waals surface area contributed by atoms with Crippen molar-refractivity contribution in [1.82, 2.24) is 0 Å². The molecule has 0 aliphatic carbocycles. The van der Waals surface area contributed by atoms with Gasteiger partial charge in [-0.15, -0.1) is 0 Å². The highest BCUT2D eigenvalue weighted by Gasteiger charge is 2.26. The maximum Gasteiger partial charge on any atom is 0.342 e. The first-order chi connectivity index (χ1) is 6.55. The van der Waals surface area contributed by atoms with Crippen LogP contribution in [0.2, 0.25) is 13.1 Å². The van der Waals surface area contributed by atoms with Crippen molar-refractivity contribution < 1.29 is 8.91 Å². The van der Waals surface area contributed by atoms with Crippen LogP contribution in [0.25, 0.3) is 0 Å². The van der Waals surface area contributed by atoms with Gasteiger partial charge in [-0.1, -0.05) is 52.9 Å². The maximum absolute atomic E-state index is 9.94. The second-order valence-electron chi connectivity index (χ2n) is 3.77. The summed E-state index contributed by atoms with van der Waals surface area (Å²) in [6, 6.07) is 9.70. The van der Waals surface area contributed by atoms with E-state index in [0.29, 0.717) is 0 Å². The van der Waals surface area contributed by atoms with Gasteiger partial charge in [-0.2, -0.15) is 0 Å². The second kappa shape index (κ2) is 5.40. The normalized spacial score (nSPS) is 14.0. The number of rotatable bonds is 4. The highest BCUT2D eigenvalue weighted by atomic mass is 127. The van der Waals surface area contributed by atoms with Crippen molar-refractivity contribution in [2.45, 2.75) is 13.1 Å². The van der Waals surface area contributed by atoms with Gasteiger partial charge in [-0.3, -0.25) is 0 Å². The molecule has 1 atom stereocenters. The van der Waals surface area contributed by atoms with E-state index in [1.807, 2.05) is 30.3 Å². The van der Waals surface area contributed by atoms with Crippen LogP contribution in [0, 0.1) is 0 Å². The molecule has 0 amide bonds. The number of benzene rings is 1. The van der Waals surface area contributed by atoms with Crippen LogP contribution in [0.15, 0.2) is 30.3 Å². The van der Waals surface area contributed by atoms with Crippen LogP contribution >= 0.6 is 22.6 Å². The van der Waals surface area contributed by atoms with Crippen molar-refractivity contribution in [2.75, 3.05) is 4.05 Å². The molecule has 0 bridgehead atoms. The van der Waals surface area contributed by atoms with E-state index >= 15 is 0 Å². The third-order valence-corrected chi connectivity index (χ3v) is 12.4. The Labute approximate surface area is 101 Å². The van der Waals surface area contributed by atoms with Crippen LogP contribution in [0.1, 0.15) is 0 Å². The Morgan fingerprint density at radius 1 is 1.36 bits per heavy atom. The molecule has 78 valence electrons. The highest BCUT2D eigenvalue weighted by molar-refractivity contribution is 14.1. The largest absolute Gasteiger partial charge is 0.434 e. The minimum Gasteiger partial charge on any atom is -0.434 e. The van der Waals surface area contributed by atoms with Gasteiger partial charge < -0.3 is 8.91 Å². The van der Waals surface area contributed by atoms with Crippen molar-refractivity contribution in [3.05, 3.63) is 30.3 Å². The summed E-state index contributed by atoms with van der Waals surface area (Å²) in [4.78, 5) is 9.94. The van der Waals surface area contributed by atoms with E-state index in [4.69, 9.17) is 4.12 Å². The first-order valence-electron chi connectivity index (χ1n) is 4.52. The summed E-state index contributed by atoms with van der Waals surface area (Å²) in [5.41, 5.74) is 0. The van der Waals surface area contributed by atoms with Crippen molar-refractivity contribution in [3.8, 4) is 0 Å². The molecular formula is C9H15IO2Si2. The SMILES string of the molecule is C[Si](C)(CI)O[SiH](O)c1ccccc1. The van der Waals surface area contributed by atoms with E-state index in [1.54, 1.807) is 0 Å². The summed E-state index contributed by atoms with van der Waals surface area (Å²) in [5, 5.41) is 0.970. The van der Waals surface area contributed by atoms with Crippen LogP contribution in [-0.4, -0.2) is 26.4 Å². The van der Waals surface area contributed by atoms with Crippen molar-refractivity contribution in [1.29, 1.82) is 0 Å². The fourth-order valence-electron chi connectivity index (χ4n) is 1.02. The Balaban J connectivity index is 2.64. The van der Waals surface area contributed by atoms with Gasteiger partial charge in [-0.25, -0.2) is 0 Å². The number of halogens is 1. The number of alkyl halides is 1. The summed E-state index contributed by atoms with van der Waals surface area (Å²) in [6.07, 6.45) is 0. The minimum absolute atomic E-state index is 0.970. The quantitative estimate of drug-likeness (QED) is 0.510. The van der Waals surface area contributed by atoms with Gasteiger partial charge in [0.25, 0.3) is 0 Å². The Morgan fingerprint density at radius 3 is 2.43 bits per heavy atom. The van der Waals surface area contributed by atoms with Gasteiger partial charge in [0.05, 0.1) is 0 Å². The third-order valence-electron chi connectivity index (χ3n) is 1.84. The van der Waals surface area contributed by atoms with Crippen LogP contribution in [0.4, 0.5) is 0 Å². The van der Waals surface area contributed by atoms with E-state index in [1.165, 1.54) is 0 Å². The molecule has 0 heterocycles. The monoisotopic (exact) mass is 338 g/mol. The maximum atomic E-state index is 9.94. The Morgan fingerprint density at radius 2 is 1.93 bits per heavy atom. The molecule has 1 N–H and O–H groups in total. The summed E-state index contributed by atoms with van der Waals surface area (Å²) in [5.74, 6) is 0. The molecule has 1 rings (SSSR count). The summed E-state index contributed by atoms with van der Waals surface area (Å²) in [7, 11) is -3.77. The molecule has 0 aromatic heterocycles. The second-order valence-corrected chi connectivity index (χ2v) is 12.2. The lowest BCUT2D eigenvalue weighted by molar-refractivity contribution is 0.431. The van der Waals surface area contributed by atoms with Gasteiger partial charge in [-0.05, 0) is 18.3 Å². The third kappa shape index (κ3) is 3.81. The lowest BCUT2D eigenvalue weighted by Crippen LogP contribution is -2.45. The number of hydrogen-bond acceptors (Lipinski definition) is 2. The van der Waals surface area contributed by atoms with Gasteiger partial charge in [0.1, 0.15) is 0 Å². The molecule has 2 nitrogen and oxygen atoms in total. The summed E-state index contributed by atoms with van der Waals surface area (Å²) in [6.45, 7) is 4.28. The Kier molecular flexibility index (Phi) is 4.78. The van der Waals surface area contributed by atoms with Crippen molar-refractivity contribution >= 4 is 45.4 Å². The van der Waals surface area contributed by atoms with Crippen LogP contribution in [0.3, 0.4) is 0 Å². The predicted octanol–water partition coefficient (Wildman–Crippen LogP) is 1.30. The topological polar surface area (TPSA) is 29.5 Å². The molecule has 0 saturated carbocycles. The average Bonchev–Trinajstić information content (AvgIpc) is 2.19. The van der Waals surface area contributed by atoms with E-state index in [2.05, 4.69) is 35.7 Å². The number of hydrogen-bond donors (Lipinski definition) is 1. The lowest BCUT2D eigenvalue weighted by Gasteiger charge is -2.23. The molecule has 0 fully saturated rings. The van der Waals surface area contributed by atoms with Crippen LogP contribution < -0.4 is 5.19 Å². The zero-order chi connectivity index (χ0) is 10.6. The molecule has 5 heteroatoms. The fraction of sp³-hybridized carbons (Fsp3) is 0.333. The fourth-order valence-corrected chi connectivity index (χ4v) is 6.40. The van der Waals surface area contributed by atoms with E-state index in [-0.39, 0.29) is 0 Å². The van der Waals surface area contributed by atoms with Gasteiger partial charge >= 0.3 is 9.28 Å². The van der Waals surface area contributed by atoms with Crippen molar-refractivity contribution in [2.24, 2.45) is 0 Å². The first-order valence-corrected chi connectivity index (χ1v) is 10.7. The average molecular weight is 338 g/mol. The van der Waals surface area contributed by atoms with Gasteiger partial charge in [0.15, 0.2) is 8.32 Å². The lowest BCUT2D eigenvalue weighted by atomic mass is 10.4. The molecule has 1 aromatic rings. The first kappa shape index (κ1) is 12.4. The van der Waals surface area contributed by atoms with E-state index in [9.17, 15) is 4.80 Å². The summed E-state index contributed by atoms with van der Waals surface area (Å²) < 4.78 is 6.81. The molecule has 1 aromatic carbocycles. The summed E-state index contributed by atoms with van der Waals surface area (Å²) >= 11 is 2.33. The smallest absolute Gasteiger partial charge is 0.342 e. The van der Waals surface area contributed by atoms with Crippen molar-refractivity contribution in [3.63, 3.8) is 0 Å². The Hall–Kier alpha value is 0.304. The van der Waals surface area contributed by atoms with Gasteiger partial charge in [0.2, 0.25) is 0 Å². The van der Waals surface area contributed by atoms with Gasteiger partial charge in [0, 0.05) is 4.05 Å².